The van der Waals surface area contributed by atoms with E-state index in [0.717, 1.165) is 11.6 Å². The molecule has 7 nitrogen and oxygen atoms in total. The van der Waals surface area contributed by atoms with E-state index < -0.39 is 32.8 Å². The molecule has 0 N–H and O–H groups in total. The van der Waals surface area contributed by atoms with Crippen LogP contribution < -0.4 is 9.08 Å². The number of alkyl halides is 3. The fourth-order valence-electron chi connectivity index (χ4n) is 4.29. The van der Waals surface area contributed by atoms with Crippen LogP contribution in [-0.4, -0.2) is 39.0 Å². The van der Waals surface area contributed by atoms with Gasteiger partial charge >= 0.3 is 21.6 Å². The van der Waals surface area contributed by atoms with Crippen molar-refractivity contribution in [3.8, 4) is 28.0 Å². The number of halogens is 3. The first-order valence-electron chi connectivity index (χ1n) is 12.9. The van der Waals surface area contributed by atoms with Crippen molar-refractivity contribution in [2.75, 3.05) is 18.1 Å². The Morgan fingerprint density at radius 2 is 1.44 bits per heavy atom. The van der Waals surface area contributed by atoms with Gasteiger partial charge in [-0.3, -0.25) is 4.79 Å². The van der Waals surface area contributed by atoms with Crippen LogP contribution in [0.25, 0.3) is 22.3 Å². The summed E-state index contributed by atoms with van der Waals surface area (Å²) >= 11 is 0. The number of hydrogen-bond acceptors (Lipinski definition) is 6. The van der Waals surface area contributed by atoms with Gasteiger partial charge in [0.05, 0.1) is 12.2 Å². The van der Waals surface area contributed by atoms with Gasteiger partial charge in [-0.1, -0.05) is 45.0 Å². The third kappa shape index (κ3) is 7.08. The maximum atomic E-state index is 13.2. The first kappa shape index (κ1) is 31.7. The second-order valence-electron chi connectivity index (χ2n) is 10.2. The molecule has 3 aromatic rings. The molecule has 1 amide bonds. The minimum Gasteiger partial charge on any atom is -0.462 e. The van der Waals surface area contributed by atoms with Crippen LogP contribution in [0, 0.1) is 0 Å². The SMILES string of the molecule is CCOC(=O)c1ccc(-c2ccc(OS(=O)(=O)C(F)(F)F)c(-c3ccc(N(CC)C(C)=O)c(C(C)(C)C)c3)c2)cc1. The van der Waals surface area contributed by atoms with Gasteiger partial charge in [-0.05, 0) is 77.9 Å². The fraction of sp³-hybridized carbons (Fsp3) is 0.333. The highest BCUT2D eigenvalue weighted by atomic mass is 32.2. The molecule has 3 rings (SSSR count). The van der Waals surface area contributed by atoms with Crippen molar-refractivity contribution in [3.63, 3.8) is 0 Å². The van der Waals surface area contributed by atoms with Crippen LogP contribution in [0.4, 0.5) is 18.9 Å². The highest BCUT2D eigenvalue weighted by molar-refractivity contribution is 7.88. The zero-order valence-corrected chi connectivity index (χ0v) is 24.4. The third-order valence-electron chi connectivity index (χ3n) is 6.29. The molecule has 0 radical (unpaired) electrons. The smallest absolute Gasteiger partial charge is 0.462 e. The largest absolute Gasteiger partial charge is 0.534 e. The fourth-order valence-corrected chi connectivity index (χ4v) is 4.76. The molecule has 0 aromatic heterocycles. The van der Waals surface area contributed by atoms with Crippen molar-refractivity contribution >= 4 is 27.7 Å². The summed E-state index contributed by atoms with van der Waals surface area (Å²) in [5, 5.41) is 0. The number of benzene rings is 3. The van der Waals surface area contributed by atoms with Gasteiger partial charge in [-0.2, -0.15) is 21.6 Å². The summed E-state index contributed by atoms with van der Waals surface area (Å²) in [6.07, 6.45) is 0. The third-order valence-corrected chi connectivity index (χ3v) is 7.26. The van der Waals surface area contributed by atoms with Gasteiger partial charge in [-0.15, -0.1) is 0 Å². The molecule has 0 bridgehead atoms. The number of carbonyl (C=O) groups excluding carboxylic acids is 2. The first-order valence-corrected chi connectivity index (χ1v) is 14.3. The summed E-state index contributed by atoms with van der Waals surface area (Å²) < 4.78 is 73.3. The topological polar surface area (TPSA) is 90.0 Å². The molecule has 0 saturated heterocycles. The monoisotopic (exact) mass is 591 g/mol. The van der Waals surface area contributed by atoms with Crippen LogP contribution in [0.2, 0.25) is 0 Å². The Kier molecular flexibility index (Phi) is 9.22. The molecule has 0 unspecified atom stereocenters. The minimum absolute atomic E-state index is 0.0905. The van der Waals surface area contributed by atoms with Crippen LogP contribution in [0.5, 0.6) is 5.75 Å². The predicted octanol–water partition coefficient (Wildman–Crippen LogP) is 7.10. The Hall–Kier alpha value is -3.86. The summed E-state index contributed by atoms with van der Waals surface area (Å²) in [5.74, 6) is -1.19. The van der Waals surface area contributed by atoms with E-state index in [1.165, 1.54) is 19.1 Å². The second-order valence-corrected chi connectivity index (χ2v) is 11.8. The van der Waals surface area contributed by atoms with Gasteiger partial charge in [-0.25, -0.2) is 4.79 Å². The average molecular weight is 592 g/mol. The van der Waals surface area contributed by atoms with E-state index >= 15 is 0 Å². The van der Waals surface area contributed by atoms with Gasteiger partial charge in [0.2, 0.25) is 5.91 Å². The van der Waals surface area contributed by atoms with Crippen LogP contribution in [0.15, 0.2) is 60.7 Å². The van der Waals surface area contributed by atoms with E-state index in [9.17, 15) is 31.2 Å². The summed E-state index contributed by atoms with van der Waals surface area (Å²) in [5.41, 5.74) is -2.82. The molecule has 220 valence electrons. The number of carbonyl (C=O) groups is 2. The van der Waals surface area contributed by atoms with Crippen molar-refractivity contribution < 1.29 is 40.1 Å². The highest BCUT2D eigenvalue weighted by Gasteiger charge is 2.48. The zero-order chi connectivity index (χ0) is 30.8. The van der Waals surface area contributed by atoms with E-state index in [2.05, 4.69) is 4.18 Å². The van der Waals surface area contributed by atoms with Crippen LogP contribution in [0.3, 0.4) is 0 Å². The molecule has 0 aliphatic rings. The van der Waals surface area contributed by atoms with E-state index in [1.54, 1.807) is 54.3 Å². The van der Waals surface area contributed by atoms with Crippen molar-refractivity contribution in [3.05, 3.63) is 71.8 Å². The molecule has 0 aliphatic carbocycles. The molecular formula is C30H32F3NO6S. The Morgan fingerprint density at radius 1 is 0.854 bits per heavy atom. The summed E-state index contributed by atoms with van der Waals surface area (Å²) in [4.78, 5) is 25.9. The lowest BCUT2D eigenvalue weighted by Gasteiger charge is -2.29. The lowest BCUT2D eigenvalue weighted by atomic mass is 9.83. The minimum atomic E-state index is -5.96. The van der Waals surface area contributed by atoms with Crippen molar-refractivity contribution in [1.82, 2.24) is 0 Å². The Balaban J connectivity index is 2.24. The number of esters is 1. The first-order chi connectivity index (χ1) is 19.0. The molecule has 41 heavy (non-hydrogen) atoms. The maximum absolute atomic E-state index is 13.2. The molecule has 0 spiro atoms. The molecule has 11 heteroatoms. The number of rotatable bonds is 8. The van der Waals surface area contributed by atoms with E-state index in [4.69, 9.17) is 4.74 Å². The van der Waals surface area contributed by atoms with Crippen LogP contribution >= 0.6 is 0 Å². The Labute approximate surface area is 238 Å². The van der Waals surface area contributed by atoms with Gasteiger partial charge in [0, 0.05) is 24.7 Å². The van der Waals surface area contributed by atoms with Gasteiger partial charge in [0.15, 0.2) is 5.75 Å². The zero-order valence-electron chi connectivity index (χ0n) is 23.6. The highest BCUT2D eigenvalue weighted by Crippen LogP contribution is 2.41. The summed E-state index contributed by atoms with van der Waals surface area (Å²) in [6.45, 7) is 11.3. The summed E-state index contributed by atoms with van der Waals surface area (Å²) in [7, 11) is -5.96. The van der Waals surface area contributed by atoms with Gasteiger partial charge in [0.1, 0.15) is 0 Å². The molecule has 0 saturated carbocycles. The molecule has 0 atom stereocenters. The lowest BCUT2D eigenvalue weighted by Crippen LogP contribution is -2.30. The normalized spacial score (nSPS) is 12.1. The van der Waals surface area contributed by atoms with E-state index in [-0.39, 0.29) is 18.1 Å². The molecular weight excluding hydrogens is 559 g/mol. The number of hydrogen-bond donors (Lipinski definition) is 0. The molecule has 0 aliphatic heterocycles. The number of nitrogens with zero attached hydrogens (tertiary/aromatic N) is 1. The average Bonchev–Trinajstić information content (AvgIpc) is 2.88. The predicted molar refractivity (Wildman–Crippen MR) is 151 cm³/mol. The van der Waals surface area contributed by atoms with Gasteiger partial charge in [0.25, 0.3) is 0 Å². The molecule has 3 aromatic carbocycles. The number of amides is 1. The number of ether oxygens (including phenoxy) is 1. The number of anilines is 1. The summed E-state index contributed by atoms with van der Waals surface area (Å²) in [6, 6.07) is 15.5. The molecule has 0 heterocycles. The maximum Gasteiger partial charge on any atom is 0.534 e. The van der Waals surface area contributed by atoms with E-state index in [0.29, 0.717) is 34.5 Å². The van der Waals surface area contributed by atoms with Crippen molar-refractivity contribution in [2.24, 2.45) is 0 Å². The van der Waals surface area contributed by atoms with Gasteiger partial charge < -0.3 is 13.8 Å². The van der Waals surface area contributed by atoms with Crippen molar-refractivity contribution in [1.29, 1.82) is 0 Å². The molecule has 0 fully saturated rings. The standard InChI is InChI=1S/C30H32F3NO6S/c1-7-34(19(3)35)26-15-13-23(18-25(26)29(4,5)6)24-17-22(14-16-27(24)40-41(37,38)30(31,32)33)20-9-11-21(12-10-20)28(36)39-8-2/h9-18H,7-8H2,1-6H3. The van der Waals surface area contributed by atoms with Crippen molar-refractivity contribution in [2.45, 2.75) is 52.5 Å². The second kappa shape index (κ2) is 11.9. The van der Waals surface area contributed by atoms with Crippen LogP contribution in [-0.2, 0) is 25.1 Å². The Bertz CT molecular complexity index is 1540. The van der Waals surface area contributed by atoms with E-state index in [1.807, 2.05) is 27.7 Å². The quantitative estimate of drug-likeness (QED) is 0.158. The van der Waals surface area contributed by atoms with Crippen LogP contribution in [0.1, 0.15) is 57.5 Å². The lowest BCUT2D eigenvalue weighted by molar-refractivity contribution is -0.116. The Morgan fingerprint density at radius 3 is 1.95 bits per heavy atom.